The fourth-order valence-electron chi connectivity index (χ4n) is 3.26. The van der Waals surface area contributed by atoms with E-state index in [1.807, 2.05) is 23.9 Å². The van der Waals surface area contributed by atoms with E-state index in [0.29, 0.717) is 0 Å². The lowest BCUT2D eigenvalue weighted by Crippen LogP contribution is -2.42. The molecule has 0 spiro atoms. The molecule has 136 valence electrons. The van der Waals surface area contributed by atoms with Gasteiger partial charge in [-0.2, -0.15) is 0 Å². The second-order valence-corrected chi connectivity index (χ2v) is 7.36. The molecule has 2 unspecified atom stereocenters. The minimum absolute atomic E-state index is 0.0464. The Labute approximate surface area is 161 Å². The zero-order valence-electron chi connectivity index (χ0n) is 15.5. The van der Waals surface area contributed by atoms with Crippen molar-refractivity contribution in [1.29, 1.82) is 0 Å². The van der Waals surface area contributed by atoms with Crippen molar-refractivity contribution in [2.45, 2.75) is 36.1 Å². The molecule has 0 aliphatic carbocycles. The van der Waals surface area contributed by atoms with E-state index in [2.05, 4.69) is 85.3 Å². The van der Waals surface area contributed by atoms with E-state index in [0.717, 1.165) is 13.1 Å². The van der Waals surface area contributed by atoms with E-state index >= 15 is 0 Å². The standard InChI is InChI=1S/C22H26N2OS/c1-5-15-23(16-6-2)17(3)25-18(4)24-19-11-7-9-13-21(19)26-22-14-10-8-12-20(22)24/h5-14,17-18H,1-2,15-16H2,3-4H3. The fourth-order valence-corrected chi connectivity index (χ4v) is 4.33. The molecule has 1 heterocycles. The Morgan fingerprint density at radius 1 is 0.962 bits per heavy atom. The Hall–Kier alpha value is -2.01. The zero-order chi connectivity index (χ0) is 18.5. The van der Waals surface area contributed by atoms with Crippen LogP contribution in [0.2, 0.25) is 0 Å². The molecule has 3 nitrogen and oxygen atoms in total. The Morgan fingerprint density at radius 3 is 1.96 bits per heavy atom. The van der Waals surface area contributed by atoms with E-state index in [-0.39, 0.29) is 12.5 Å². The van der Waals surface area contributed by atoms with Gasteiger partial charge >= 0.3 is 0 Å². The van der Waals surface area contributed by atoms with Crippen LogP contribution in [-0.4, -0.2) is 30.4 Å². The van der Waals surface area contributed by atoms with Crippen molar-refractivity contribution in [2.24, 2.45) is 0 Å². The van der Waals surface area contributed by atoms with Crippen LogP contribution in [0.1, 0.15) is 13.8 Å². The van der Waals surface area contributed by atoms with E-state index < -0.39 is 0 Å². The van der Waals surface area contributed by atoms with Gasteiger partial charge in [0.1, 0.15) is 12.5 Å². The van der Waals surface area contributed by atoms with Crippen molar-refractivity contribution in [3.63, 3.8) is 0 Å². The summed E-state index contributed by atoms with van der Waals surface area (Å²) in [6, 6.07) is 17.0. The number of ether oxygens (including phenoxy) is 1. The molecule has 4 heteroatoms. The van der Waals surface area contributed by atoms with Crippen molar-refractivity contribution in [1.82, 2.24) is 4.90 Å². The van der Waals surface area contributed by atoms with Gasteiger partial charge in [-0.1, -0.05) is 48.2 Å². The minimum atomic E-state index is -0.106. The topological polar surface area (TPSA) is 15.7 Å². The summed E-state index contributed by atoms with van der Waals surface area (Å²) >= 11 is 1.81. The summed E-state index contributed by atoms with van der Waals surface area (Å²) in [4.78, 5) is 7.00. The first kappa shape index (κ1) is 18.8. The van der Waals surface area contributed by atoms with Crippen LogP contribution in [-0.2, 0) is 4.74 Å². The molecule has 0 amide bonds. The SMILES string of the molecule is C=CCN(CC=C)C(C)OC(C)N1c2ccccc2Sc2ccccc21. The van der Waals surface area contributed by atoms with E-state index in [9.17, 15) is 0 Å². The number of rotatable bonds is 8. The highest BCUT2D eigenvalue weighted by molar-refractivity contribution is 7.99. The number of hydrogen-bond acceptors (Lipinski definition) is 4. The lowest BCUT2D eigenvalue weighted by molar-refractivity contribution is -0.0720. The van der Waals surface area contributed by atoms with Gasteiger partial charge in [-0.05, 0) is 38.1 Å². The van der Waals surface area contributed by atoms with Gasteiger partial charge in [0.05, 0.1) is 11.4 Å². The maximum Gasteiger partial charge on any atom is 0.133 e. The third kappa shape index (κ3) is 3.88. The van der Waals surface area contributed by atoms with Gasteiger partial charge in [0.25, 0.3) is 0 Å². The van der Waals surface area contributed by atoms with Crippen LogP contribution in [0.5, 0.6) is 0 Å². The van der Waals surface area contributed by atoms with Gasteiger partial charge in [0.15, 0.2) is 0 Å². The molecule has 0 aromatic heterocycles. The van der Waals surface area contributed by atoms with Gasteiger partial charge < -0.3 is 9.64 Å². The molecule has 2 aromatic rings. The van der Waals surface area contributed by atoms with Crippen LogP contribution in [0.3, 0.4) is 0 Å². The number of fused-ring (bicyclic) bond motifs is 2. The second-order valence-electron chi connectivity index (χ2n) is 6.27. The van der Waals surface area contributed by atoms with Gasteiger partial charge in [-0.3, -0.25) is 4.90 Å². The van der Waals surface area contributed by atoms with Crippen LogP contribution in [0.15, 0.2) is 83.6 Å². The minimum Gasteiger partial charge on any atom is -0.340 e. The highest BCUT2D eigenvalue weighted by Crippen LogP contribution is 2.48. The number of nitrogens with zero attached hydrogens (tertiary/aromatic N) is 2. The molecule has 26 heavy (non-hydrogen) atoms. The lowest BCUT2D eigenvalue weighted by Gasteiger charge is -2.39. The Balaban J connectivity index is 1.88. The zero-order valence-corrected chi connectivity index (χ0v) is 16.3. The highest BCUT2D eigenvalue weighted by Gasteiger charge is 2.28. The number of para-hydroxylation sites is 2. The van der Waals surface area contributed by atoms with Crippen molar-refractivity contribution < 1.29 is 4.74 Å². The number of hydrogen-bond donors (Lipinski definition) is 0. The van der Waals surface area contributed by atoms with Crippen LogP contribution < -0.4 is 4.90 Å². The average Bonchev–Trinajstić information content (AvgIpc) is 2.65. The quantitative estimate of drug-likeness (QED) is 0.441. The predicted molar refractivity (Wildman–Crippen MR) is 111 cm³/mol. The largest absolute Gasteiger partial charge is 0.340 e. The Bertz CT molecular complexity index is 721. The lowest BCUT2D eigenvalue weighted by atomic mass is 10.2. The molecule has 2 aromatic carbocycles. The maximum atomic E-state index is 6.42. The Kier molecular flexibility index (Phi) is 6.20. The first-order chi connectivity index (χ1) is 12.7. The molecule has 3 rings (SSSR count). The fraction of sp³-hybridized carbons (Fsp3) is 0.273. The van der Waals surface area contributed by atoms with Gasteiger partial charge in [0.2, 0.25) is 0 Å². The normalized spacial score (nSPS) is 15.1. The van der Waals surface area contributed by atoms with Crippen molar-refractivity contribution in [2.75, 3.05) is 18.0 Å². The monoisotopic (exact) mass is 366 g/mol. The summed E-state index contributed by atoms with van der Waals surface area (Å²) in [5, 5.41) is 0. The molecule has 0 saturated carbocycles. The van der Waals surface area contributed by atoms with E-state index in [4.69, 9.17) is 4.74 Å². The highest BCUT2D eigenvalue weighted by atomic mass is 32.2. The molecule has 2 atom stereocenters. The second kappa shape index (κ2) is 8.58. The summed E-state index contributed by atoms with van der Waals surface area (Å²) in [6.07, 6.45) is 3.65. The van der Waals surface area contributed by atoms with E-state index in [1.165, 1.54) is 21.2 Å². The van der Waals surface area contributed by atoms with Gasteiger partial charge in [-0.25, -0.2) is 0 Å². The first-order valence-corrected chi connectivity index (χ1v) is 9.73. The summed E-state index contributed by atoms with van der Waals surface area (Å²) in [7, 11) is 0. The van der Waals surface area contributed by atoms with Crippen molar-refractivity contribution in [3.05, 3.63) is 73.8 Å². The molecule has 0 bridgehead atoms. The summed E-state index contributed by atoms with van der Waals surface area (Å²) in [5.41, 5.74) is 2.38. The number of benzene rings is 2. The molecule has 0 saturated heterocycles. The van der Waals surface area contributed by atoms with E-state index in [1.54, 1.807) is 0 Å². The summed E-state index contributed by atoms with van der Waals surface area (Å²) in [6.45, 7) is 13.4. The molecular formula is C22H26N2OS. The maximum absolute atomic E-state index is 6.42. The van der Waals surface area contributed by atoms with Gasteiger partial charge in [0, 0.05) is 22.9 Å². The predicted octanol–water partition coefficient (Wildman–Crippen LogP) is 5.67. The molecule has 0 fully saturated rings. The van der Waals surface area contributed by atoms with Crippen molar-refractivity contribution in [3.8, 4) is 0 Å². The summed E-state index contributed by atoms with van der Waals surface area (Å²) in [5.74, 6) is 0. The van der Waals surface area contributed by atoms with Crippen molar-refractivity contribution >= 4 is 23.1 Å². The Morgan fingerprint density at radius 2 is 1.46 bits per heavy atom. The number of anilines is 2. The molecule has 1 aliphatic heterocycles. The van der Waals surface area contributed by atoms with Crippen LogP contribution in [0.4, 0.5) is 11.4 Å². The smallest absolute Gasteiger partial charge is 0.133 e. The molecule has 0 radical (unpaired) electrons. The van der Waals surface area contributed by atoms with Crippen LogP contribution >= 0.6 is 11.8 Å². The summed E-state index contributed by atoms with van der Waals surface area (Å²) < 4.78 is 6.42. The third-order valence-electron chi connectivity index (χ3n) is 4.47. The van der Waals surface area contributed by atoms with Crippen LogP contribution in [0.25, 0.3) is 0 Å². The molecule has 1 aliphatic rings. The first-order valence-electron chi connectivity index (χ1n) is 8.92. The van der Waals surface area contributed by atoms with Gasteiger partial charge in [-0.15, -0.1) is 13.2 Å². The average molecular weight is 367 g/mol. The molecule has 0 N–H and O–H groups in total. The molecular weight excluding hydrogens is 340 g/mol. The third-order valence-corrected chi connectivity index (χ3v) is 5.60. The van der Waals surface area contributed by atoms with Crippen LogP contribution in [0, 0.1) is 0 Å².